The van der Waals surface area contributed by atoms with Crippen LogP contribution in [0.15, 0.2) is 48.5 Å². The quantitative estimate of drug-likeness (QED) is 0.843. The van der Waals surface area contributed by atoms with Gasteiger partial charge in [-0.25, -0.2) is 0 Å². The topological polar surface area (TPSA) is 30.5 Å². The van der Waals surface area contributed by atoms with Gasteiger partial charge in [0.1, 0.15) is 0 Å². The number of methoxy groups -OCH3 is 2. The lowest BCUT2D eigenvalue weighted by molar-refractivity contribution is 0.354. The highest BCUT2D eigenvalue weighted by molar-refractivity contribution is 5.42. The van der Waals surface area contributed by atoms with E-state index < -0.39 is 0 Å². The van der Waals surface area contributed by atoms with Crippen LogP contribution in [0, 0.1) is 0 Å². The van der Waals surface area contributed by atoms with Crippen LogP contribution in [0.5, 0.6) is 11.5 Å². The minimum absolute atomic E-state index is 0.492. The summed E-state index contributed by atoms with van der Waals surface area (Å²) in [6.45, 7) is 3.99. The maximum Gasteiger partial charge on any atom is 0.161 e. The molecule has 2 aromatic carbocycles. The van der Waals surface area contributed by atoms with Gasteiger partial charge >= 0.3 is 0 Å². The van der Waals surface area contributed by atoms with Crippen molar-refractivity contribution in [2.24, 2.45) is 0 Å². The summed E-state index contributed by atoms with van der Waals surface area (Å²) in [7, 11) is 3.31. The molecule has 0 amide bonds. The van der Waals surface area contributed by atoms with Crippen LogP contribution in [0.25, 0.3) is 0 Å². The maximum absolute atomic E-state index is 5.32. The van der Waals surface area contributed by atoms with E-state index in [9.17, 15) is 0 Å². The Hall–Kier alpha value is -2.00. The van der Waals surface area contributed by atoms with Crippen molar-refractivity contribution in [1.29, 1.82) is 0 Å². The Kier molecular flexibility index (Phi) is 5.64. The van der Waals surface area contributed by atoms with Gasteiger partial charge in [0.2, 0.25) is 0 Å². The van der Waals surface area contributed by atoms with Crippen LogP contribution < -0.4 is 14.8 Å². The highest BCUT2D eigenvalue weighted by atomic mass is 16.5. The van der Waals surface area contributed by atoms with E-state index in [1.54, 1.807) is 14.2 Å². The standard InChI is InChI=1S/C18H23NO2/c1-14(16-7-5-4-6-8-16)12-19-13-15-9-10-17(20-2)18(11-15)21-3/h4-11,14,19H,12-13H2,1-3H3/t14-/m0/s1. The number of nitrogens with one attached hydrogen (secondary N) is 1. The number of benzene rings is 2. The molecule has 0 unspecified atom stereocenters. The van der Waals surface area contributed by atoms with Gasteiger partial charge < -0.3 is 14.8 Å². The summed E-state index contributed by atoms with van der Waals surface area (Å²) in [5.41, 5.74) is 2.55. The first-order valence-electron chi connectivity index (χ1n) is 7.21. The Morgan fingerprint density at radius 1 is 0.952 bits per heavy atom. The SMILES string of the molecule is COc1ccc(CNC[C@H](C)c2ccccc2)cc1OC. The van der Waals surface area contributed by atoms with Crippen molar-refractivity contribution >= 4 is 0 Å². The largest absolute Gasteiger partial charge is 0.493 e. The zero-order valence-electron chi connectivity index (χ0n) is 12.9. The molecule has 0 bridgehead atoms. The summed E-state index contributed by atoms with van der Waals surface area (Å²) in [6.07, 6.45) is 0. The van der Waals surface area contributed by atoms with E-state index >= 15 is 0 Å². The van der Waals surface area contributed by atoms with E-state index in [1.165, 1.54) is 11.1 Å². The molecule has 2 aromatic rings. The molecule has 3 heteroatoms. The summed E-state index contributed by atoms with van der Waals surface area (Å²) >= 11 is 0. The normalized spacial score (nSPS) is 12.0. The summed E-state index contributed by atoms with van der Waals surface area (Å²) in [5.74, 6) is 2.03. The zero-order valence-corrected chi connectivity index (χ0v) is 12.9. The molecule has 3 nitrogen and oxygen atoms in total. The Bertz CT molecular complexity index is 554. The van der Waals surface area contributed by atoms with Gasteiger partial charge in [0.05, 0.1) is 14.2 Å². The van der Waals surface area contributed by atoms with Crippen molar-refractivity contribution in [3.63, 3.8) is 0 Å². The molecule has 0 aromatic heterocycles. The van der Waals surface area contributed by atoms with Crippen LogP contribution in [-0.2, 0) is 6.54 Å². The molecule has 21 heavy (non-hydrogen) atoms. The molecular weight excluding hydrogens is 262 g/mol. The van der Waals surface area contributed by atoms with E-state index in [-0.39, 0.29) is 0 Å². The van der Waals surface area contributed by atoms with E-state index in [0.717, 1.165) is 24.6 Å². The second-order valence-electron chi connectivity index (χ2n) is 5.13. The number of hydrogen-bond acceptors (Lipinski definition) is 3. The average Bonchev–Trinajstić information content (AvgIpc) is 2.55. The van der Waals surface area contributed by atoms with Gasteiger partial charge in [-0.1, -0.05) is 43.3 Å². The van der Waals surface area contributed by atoms with E-state index in [2.05, 4.69) is 42.6 Å². The van der Waals surface area contributed by atoms with Gasteiger partial charge in [0, 0.05) is 13.1 Å². The summed E-state index contributed by atoms with van der Waals surface area (Å²) in [5, 5.41) is 3.49. The van der Waals surface area contributed by atoms with Gasteiger partial charge in [-0.2, -0.15) is 0 Å². The minimum atomic E-state index is 0.492. The predicted octanol–water partition coefficient (Wildman–Crippen LogP) is 3.60. The fourth-order valence-corrected chi connectivity index (χ4v) is 2.32. The van der Waals surface area contributed by atoms with E-state index in [0.29, 0.717) is 5.92 Å². The van der Waals surface area contributed by atoms with Gasteiger partial charge in [-0.15, -0.1) is 0 Å². The van der Waals surface area contributed by atoms with Crippen molar-refractivity contribution in [1.82, 2.24) is 5.32 Å². The molecule has 0 saturated heterocycles. The minimum Gasteiger partial charge on any atom is -0.493 e. The third-order valence-corrected chi connectivity index (χ3v) is 3.60. The molecule has 0 fully saturated rings. The molecule has 0 spiro atoms. The number of rotatable bonds is 7. The monoisotopic (exact) mass is 285 g/mol. The fourth-order valence-electron chi connectivity index (χ4n) is 2.32. The first-order valence-corrected chi connectivity index (χ1v) is 7.21. The molecule has 2 rings (SSSR count). The van der Waals surface area contributed by atoms with Gasteiger partial charge in [-0.3, -0.25) is 0 Å². The maximum atomic E-state index is 5.32. The molecule has 0 saturated carbocycles. The Balaban J connectivity index is 1.89. The number of hydrogen-bond donors (Lipinski definition) is 1. The molecule has 0 aliphatic heterocycles. The molecule has 0 radical (unpaired) electrons. The average molecular weight is 285 g/mol. The zero-order chi connectivity index (χ0) is 15.1. The van der Waals surface area contributed by atoms with Crippen LogP contribution >= 0.6 is 0 Å². The van der Waals surface area contributed by atoms with Crippen molar-refractivity contribution in [2.45, 2.75) is 19.4 Å². The van der Waals surface area contributed by atoms with Gasteiger partial charge in [0.25, 0.3) is 0 Å². The Morgan fingerprint density at radius 3 is 2.33 bits per heavy atom. The van der Waals surface area contributed by atoms with Crippen LogP contribution in [-0.4, -0.2) is 20.8 Å². The van der Waals surface area contributed by atoms with Crippen molar-refractivity contribution < 1.29 is 9.47 Å². The van der Waals surface area contributed by atoms with Crippen LogP contribution in [0.3, 0.4) is 0 Å². The van der Waals surface area contributed by atoms with Crippen molar-refractivity contribution in [3.8, 4) is 11.5 Å². The molecule has 112 valence electrons. The molecule has 1 atom stereocenters. The highest BCUT2D eigenvalue weighted by Crippen LogP contribution is 2.27. The summed E-state index contributed by atoms with van der Waals surface area (Å²) < 4.78 is 10.6. The predicted molar refractivity (Wildman–Crippen MR) is 86.1 cm³/mol. The summed E-state index contributed by atoms with van der Waals surface area (Å²) in [6, 6.07) is 16.6. The number of ether oxygens (including phenoxy) is 2. The highest BCUT2D eigenvalue weighted by Gasteiger charge is 2.06. The molecule has 1 N–H and O–H groups in total. The van der Waals surface area contributed by atoms with Gasteiger partial charge in [-0.05, 0) is 29.2 Å². The van der Waals surface area contributed by atoms with E-state index in [4.69, 9.17) is 9.47 Å². The molecular formula is C18H23NO2. The first-order chi connectivity index (χ1) is 10.2. The molecule has 0 aliphatic carbocycles. The fraction of sp³-hybridized carbons (Fsp3) is 0.333. The van der Waals surface area contributed by atoms with Gasteiger partial charge in [0.15, 0.2) is 11.5 Å². The molecule has 0 heterocycles. The first kappa shape index (κ1) is 15.4. The lowest BCUT2D eigenvalue weighted by atomic mass is 10.0. The second kappa shape index (κ2) is 7.70. The van der Waals surface area contributed by atoms with Crippen molar-refractivity contribution in [3.05, 3.63) is 59.7 Å². The second-order valence-corrected chi connectivity index (χ2v) is 5.13. The van der Waals surface area contributed by atoms with Crippen LogP contribution in [0.4, 0.5) is 0 Å². The molecule has 0 aliphatic rings. The van der Waals surface area contributed by atoms with E-state index in [1.807, 2.05) is 18.2 Å². The lowest BCUT2D eigenvalue weighted by Crippen LogP contribution is -2.19. The smallest absolute Gasteiger partial charge is 0.161 e. The Labute approximate surface area is 126 Å². The Morgan fingerprint density at radius 2 is 1.67 bits per heavy atom. The van der Waals surface area contributed by atoms with Crippen molar-refractivity contribution in [2.75, 3.05) is 20.8 Å². The summed E-state index contributed by atoms with van der Waals surface area (Å²) in [4.78, 5) is 0. The third kappa shape index (κ3) is 4.23. The third-order valence-electron chi connectivity index (χ3n) is 3.60. The lowest BCUT2D eigenvalue weighted by Gasteiger charge is -2.14. The van der Waals surface area contributed by atoms with Crippen LogP contribution in [0.1, 0.15) is 24.0 Å². The van der Waals surface area contributed by atoms with Crippen LogP contribution in [0.2, 0.25) is 0 Å².